The van der Waals surface area contributed by atoms with Gasteiger partial charge in [0.05, 0.1) is 29.1 Å². The van der Waals surface area contributed by atoms with Gasteiger partial charge in [0.25, 0.3) is 0 Å². The first-order chi connectivity index (χ1) is 31.6. The van der Waals surface area contributed by atoms with E-state index in [0.29, 0.717) is 29.4 Å². The summed E-state index contributed by atoms with van der Waals surface area (Å²) in [6.07, 6.45) is 16.1. The maximum atomic E-state index is 12.2. The molecule has 0 aromatic heterocycles. The van der Waals surface area contributed by atoms with E-state index in [-0.39, 0.29) is 84.2 Å². The number of hydrogen-bond acceptors (Lipinski definition) is 11. The number of carbonyl (C=O) groups is 7. The summed E-state index contributed by atoms with van der Waals surface area (Å²) < 4.78 is 16.8. The van der Waals surface area contributed by atoms with Crippen LogP contribution in [0.4, 0.5) is 4.79 Å². The molecule has 6 amide bonds. The van der Waals surface area contributed by atoms with E-state index in [0.717, 1.165) is 47.5 Å². The lowest BCUT2D eigenvalue weighted by Crippen LogP contribution is -2.48. The normalized spacial score (nSPS) is 23.4. The van der Waals surface area contributed by atoms with Gasteiger partial charge in [-0.15, -0.1) is 11.8 Å². The molecule has 3 heterocycles. The van der Waals surface area contributed by atoms with E-state index in [1.165, 1.54) is 64.0 Å². The Hall–Kier alpha value is -4.61. The van der Waals surface area contributed by atoms with E-state index < -0.39 is 17.3 Å². The van der Waals surface area contributed by atoms with Gasteiger partial charge in [0.1, 0.15) is 17.9 Å². The highest BCUT2D eigenvalue weighted by atomic mass is 35.5. The standard InChI is InChI=1S/C27H37ClN2O5.C12H18N2O5S.C7H13NO.C3H8/c1-17(14-19-10-11-21(28)23(15-19)33-5)8-6-7-9-20-16-22(34-26(32)30-20)18(2)25-27(3,35-25)13-12-24(31)29-4;1-7(12(18)19)13(2)9(15)4-5-20-8-6-10(16)14(3)11(8)17;8-7(9)6-4-2-1-3-5-6;1-3-2/h6-8,10-11,15,18,20,22,25H,9,12-14,16H2,1-5H3,(H,29,31)(H,30,32);7-8H,4-6H2,1-3H3,(H,18,19);6H,1-5H2,(H2,8,9);3H2,1-2H3/b7-6+,17-8+;;;/t18-,20?,22?,25+,27+;7-,8?;;/m10../s1. The first kappa shape index (κ1) is 58.5. The van der Waals surface area contributed by atoms with Crippen molar-refractivity contribution in [3.05, 3.63) is 52.6 Å². The van der Waals surface area contributed by atoms with E-state index in [2.05, 4.69) is 50.5 Å². The van der Waals surface area contributed by atoms with Crippen molar-refractivity contribution < 1.29 is 52.9 Å². The summed E-state index contributed by atoms with van der Waals surface area (Å²) in [6.45, 7) is 11.8. The summed E-state index contributed by atoms with van der Waals surface area (Å²) in [7, 11) is 6.12. The average Bonchev–Trinajstić information content (AvgIpc) is 3.92. The number of methoxy groups -OCH3 is 1. The molecule has 5 rings (SSSR count). The first-order valence-electron chi connectivity index (χ1n) is 23.3. The van der Waals surface area contributed by atoms with Crippen LogP contribution in [0, 0.1) is 11.8 Å². The number of alkyl carbamates (subject to hydrolysis) is 1. The number of amides is 6. The number of ether oxygens (including phenoxy) is 3. The van der Waals surface area contributed by atoms with Crippen LogP contribution in [0.5, 0.6) is 5.75 Å². The van der Waals surface area contributed by atoms with Gasteiger partial charge in [-0.05, 0) is 70.6 Å². The molecule has 0 spiro atoms. The number of hydrogen-bond donors (Lipinski definition) is 4. The number of carboxylic acid groups (broad SMARTS) is 1. The molecule has 67 heavy (non-hydrogen) atoms. The molecule has 0 radical (unpaired) electrons. The van der Waals surface area contributed by atoms with Gasteiger partial charge in [-0.1, -0.05) is 87.9 Å². The van der Waals surface area contributed by atoms with E-state index in [1.54, 1.807) is 14.2 Å². The SMILES string of the molecule is CCC.CNC(=O)CC[C@]1(C)O[C@H]1[C@H](C)C1CC(C/C=C/C=C(\C)Cc2ccc(Cl)c(OC)c2)NC(=O)O1.C[C@@H](C(=O)O)N(C)C(=O)CCSC1CC(=O)N(C)C1=O.NC(=O)C1CCCCC1. The molecule has 1 aromatic rings. The van der Waals surface area contributed by atoms with Crippen LogP contribution in [0.15, 0.2) is 42.0 Å². The highest BCUT2D eigenvalue weighted by Gasteiger charge is 2.57. The summed E-state index contributed by atoms with van der Waals surface area (Å²) in [6, 6.07) is 4.92. The number of carbonyl (C=O) groups excluding carboxylic acids is 6. The number of primary amides is 1. The van der Waals surface area contributed by atoms with Gasteiger partial charge in [-0.2, -0.15) is 0 Å². The third kappa shape index (κ3) is 19.9. The predicted molar refractivity (Wildman–Crippen MR) is 262 cm³/mol. The number of likely N-dealkylation sites (N-methyl/N-ethyl adjacent to an activating group) is 1. The molecule has 4 aliphatic rings. The maximum Gasteiger partial charge on any atom is 0.407 e. The Bertz CT molecular complexity index is 1890. The number of benzene rings is 1. The quantitative estimate of drug-likeness (QED) is 0.0649. The summed E-state index contributed by atoms with van der Waals surface area (Å²) in [5, 5.41) is 14.5. The zero-order valence-electron chi connectivity index (χ0n) is 41.2. The molecule has 3 saturated heterocycles. The van der Waals surface area contributed by atoms with Crippen LogP contribution in [-0.4, -0.2) is 126 Å². The molecule has 16 nitrogen and oxygen atoms in total. The number of nitrogens with zero attached hydrogens (tertiary/aromatic N) is 2. The summed E-state index contributed by atoms with van der Waals surface area (Å²) in [5.41, 5.74) is 7.12. The van der Waals surface area contributed by atoms with Crippen molar-refractivity contribution >= 4 is 65.0 Å². The fourth-order valence-electron chi connectivity index (χ4n) is 7.76. The molecule has 3 aliphatic heterocycles. The molecule has 3 unspecified atom stereocenters. The molecular formula is C49H76ClN5O11S. The van der Waals surface area contributed by atoms with Crippen molar-refractivity contribution in [2.24, 2.45) is 17.6 Å². The fraction of sp³-hybridized carbons (Fsp3) is 0.653. The number of likely N-dealkylation sites (tertiary alicyclic amines) is 1. The number of nitrogens with one attached hydrogen (secondary N) is 2. The Balaban J connectivity index is 0.000000401. The number of cyclic esters (lactones) is 1. The van der Waals surface area contributed by atoms with Crippen LogP contribution in [-0.2, 0) is 44.7 Å². The van der Waals surface area contributed by atoms with E-state index in [4.69, 9.17) is 36.7 Å². The lowest BCUT2D eigenvalue weighted by molar-refractivity contribution is -0.148. The van der Waals surface area contributed by atoms with Crippen LogP contribution in [0.3, 0.4) is 0 Å². The van der Waals surface area contributed by atoms with Crippen molar-refractivity contribution in [1.82, 2.24) is 20.4 Å². The van der Waals surface area contributed by atoms with E-state index in [1.807, 2.05) is 31.2 Å². The van der Waals surface area contributed by atoms with Crippen LogP contribution < -0.4 is 21.1 Å². The Morgan fingerprint density at radius 2 is 1.79 bits per heavy atom. The number of halogens is 1. The Kier molecular flexibility index (Phi) is 25.6. The number of rotatable bonds is 18. The van der Waals surface area contributed by atoms with Gasteiger partial charge in [0.2, 0.25) is 29.5 Å². The predicted octanol–water partition coefficient (Wildman–Crippen LogP) is 7.24. The highest BCUT2D eigenvalue weighted by Crippen LogP contribution is 2.47. The molecule has 1 aliphatic carbocycles. The third-order valence-electron chi connectivity index (χ3n) is 12.2. The Labute approximate surface area is 406 Å². The lowest BCUT2D eigenvalue weighted by atomic mass is 9.86. The van der Waals surface area contributed by atoms with Gasteiger partial charge >= 0.3 is 12.1 Å². The smallest absolute Gasteiger partial charge is 0.407 e. The highest BCUT2D eigenvalue weighted by molar-refractivity contribution is 8.00. The van der Waals surface area contributed by atoms with Gasteiger partial charge in [0.15, 0.2) is 0 Å². The van der Waals surface area contributed by atoms with Crippen molar-refractivity contribution in [2.45, 2.75) is 160 Å². The summed E-state index contributed by atoms with van der Waals surface area (Å²) in [4.78, 5) is 82.1. The van der Waals surface area contributed by atoms with Crippen LogP contribution in [0.25, 0.3) is 0 Å². The summed E-state index contributed by atoms with van der Waals surface area (Å²) >= 11 is 7.36. The minimum Gasteiger partial charge on any atom is -0.495 e. The molecular weight excluding hydrogens is 902 g/mol. The summed E-state index contributed by atoms with van der Waals surface area (Å²) in [5.74, 6) is -0.596. The van der Waals surface area contributed by atoms with Crippen LogP contribution in [0.1, 0.15) is 124 Å². The largest absolute Gasteiger partial charge is 0.495 e. The van der Waals surface area contributed by atoms with Crippen LogP contribution >= 0.6 is 23.4 Å². The first-order valence-corrected chi connectivity index (χ1v) is 24.7. The zero-order chi connectivity index (χ0) is 50.4. The maximum absolute atomic E-state index is 12.2. The average molecular weight is 979 g/mol. The number of imide groups is 1. The van der Waals surface area contributed by atoms with Gasteiger partial charge in [-0.3, -0.25) is 28.9 Å². The monoisotopic (exact) mass is 977 g/mol. The Morgan fingerprint density at radius 3 is 2.34 bits per heavy atom. The third-order valence-corrected chi connectivity index (χ3v) is 13.7. The number of allylic oxidation sites excluding steroid dienone is 3. The van der Waals surface area contributed by atoms with Gasteiger partial charge < -0.3 is 40.6 Å². The number of nitrogens with two attached hydrogens (primary N) is 1. The molecule has 7 atom stereocenters. The molecule has 1 aromatic carbocycles. The molecule has 5 N–H and O–H groups in total. The minimum absolute atomic E-state index is 0.00468. The molecule has 376 valence electrons. The van der Waals surface area contributed by atoms with Crippen LogP contribution in [0.2, 0.25) is 5.02 Å². The lowest BCUT2D eigenvalue weighted by Gasteiger charge is -2.33. The number of carboxylic acids is 1. The van der Waals surface area contributed by atoms with Crippen molar-refractivity contribution in [3.63, 3.8) is 0 Å². The molecule has 1 saturated carbocycles. The second-order valence-corrected chi connectivity index (χ2v) is 19.5. The zero-order valence-corrected chi connectivity index (χ0v) is 42.8. The second kappa shape index (κ2) is 29.3. The molecule has 0 bridgehead atoms. The number of epoxide rings is 1. The number of thioether (sulfide) groups is 1. The topological polar surface area (TPSA) is 227 Å². The van der Waals surface area contributed by atoms with E-state index in [9.17, 15) is 33.6 Å². The van der Waals surface area contributed by atoms with Crippen molar-refractivity contribution in [1.29, 1.82) is 0 Å². The second-order valence-electron chi connectivity index (χ2n) is 17.8. The van der Waals surface area contributed by atoms with E-state index >= 15 is 0 Å². The molecule has 18 heteroatoms. The van der Waals surface area contributed by atoms with Crippen molar-refractivity contribution in [3.8, 4) is 5.75 Å². The van der Waals surface area contributed by atoms with Gasteiger partial charge in [0, 0.05) is 70.5 Å². The van der Waals surface area contributed by atoms with Gasteiger partial charge in [-0.25, -0.2) is 9.59 Å². The number of aliphatic carboxylic acids is 1. The Morgan fingerprint density at radius 1 is 1.13 bits per heavy atom. The van der Waals surface area contributed by atoms with Crippen molar-refractivity contribution in [2.75, 3.05) is 34.0 Å². The fourth-order valence-corrected chi connectivity index (χ4v) is 9.09. The molecule has 4 fully saturated rings. The minimum atomic E-state index is -1.06.